The zero-order valence-electron chi connectivity index (χ0n) is 15.0. The third-order valence-electron chi connectivity index (χ3n) is 5.79. The van der Waals surface area contributed by atoms with Gasteiger partial charge in [-0.05, 0) is 50.2 Å². The monoisotopic (exact) mass is 379 g/mol. The van der Waals surface area contributed by atoms with Gasteiger partial charge in [0.05, 0.1) is 11.2 Å². The number of carbonyl (C=O) groups excluding carboxylic acids is 1. The number of thiazole rings is 1. The lowest BCUT2D eigenvalue weighted by atomic mass is 9.98. The molecule has 0 radical (unpaired) electrons. The number of aromatic amines is 1. The first-order valence-electron chi connectivity index (χ1n) is 9.44. The van der Waals surface area contributed by atoms with E-state index in [4.69, 9.17) is 0 Å². The van der Waals surface area contributed by atoms with Crippen molar-refractivity contribution in [2.75, 3.05) is 6.54 Å². The second-order valence-electron chi connectivity index (χ2n) is 7.39. The number of fused-ring (bicyclic) bond motifs is 1. The minimum atomic E-state index is -0.00553. The maximum Gasteiger partial charge on any atom is 0.273 e. The van der Waals surface area contributed by atoms with Crippen LogP contribution in [0.3, 0.4) is 0 Å². The lowest BCUT2D eigenvalue weighted by Gasteiger charge is -2.31. The summed E-state index contributed by atoms with van der Waals surface area (Å²) in [6.07, 6.45) is 11.8. The first kappa shape index (κ1) is 16.6. The zero-order valence-corrected chi connectivity index (χ0v) is 15.8. The number of allylic oxidation sites excluding steroid dienone is 2. The maximum atomic E-state index is 13.0. The van der Waals surface area contributed by atoms with Crippen molar-refractivity contribution in [3.63, 3.8) is 0 Å². The van der Waals surface area contributed by atoms with Gasteiger partial charge in [0.15, 0.2) is 0 Å². The van der Waals surface area contributed by atoms with Crippen LogP contribution in [-0.2, 0) is 0 Å². The molecule has 0 atom stereocenters. The van der Waals surface area contributed by atoms with Crippen molar-refractivity contribution < 1.29 is 4.79 Å². The first-order valence-corrected chi connectivity index (χ1v) is 10.4. The highest BCUT2D eigenvalue weighted by atomic mass is 32.1. The molecule has 3 aromatic heterocycles. The molecule has 2 aliphatic rings. The Morgan fingerprint density at radius 2 is 2.15 bits per heavy atom. The van der Waals surface area contributed by atoms with Crippen LogP contribution in [0.25, 0.3) is 16.6 Å². The molecule has 3 aromatic rings. The first-order chi connectivity index (χ1) is 13.3. The molecular weight excluding hydrogens is 358 g/mol. The van der Waals surface area contributed by atoms with Crippen LogP contribution in [0.5, 0.6) is 0 Å². The average Bonchev–Trinajstić information content (AvgIpc) is 3.11. The van der Waals surface area contributed by atoms with Gasteiger partial charge < -0.3 is 9.88 Å². The summed E-state index contributed by atoms with van der Waals surface area (Å²) in [6, 6.07) is 2.04. The van der Waals surface area contributed by atoms with Crippen molar-refractivity contribution in [3.8, 4) is 0 Å². The third kappa shape index (κ3) is 2.96. The molecule has 0 aromatic carbocycles. The fourth-order valence-electron chi connectivity index (χ4n) is 4.15. The molecule has 0 bridgehead atoms. The molecule has 0 unspecified atom stereocenters. The standard InChI is InChI=1S/C20H21N5OS/c26-19(16-11-27-13-24-16)25-10-2-1-3-14(4-6-20(25)7-8-20)17-15-5-9-21-18(15)23-12-22-17/h3,5,9,11-13H,1-2,4,6-8,10H2,(H,21,22,23). The van der Waals surface area contributed by atoms with E-state index in [1.54, 1.807) is 11.8 Å². The summed E-state index contributed by atoms with van der Waals surface area (Å²) in [7, 11) is 0. The Hall–Kier alpha value is -2.54. The normalized spacial score (nSPS) is 19.4. The highest BCUT2D eigenvalue weighted by Gasteiger charge is 2.50. The van der Waals surface area contributed by atoms with E-state index in [0.29, 0.717) is 5.69 Å². The van der Waals surface area contributed by atoms with Crippen molar-refractivity contribution in [2.24, 2.45) is 0 Å². The van der Waals surface area contributed by atoms with Gasteiger partial charge >= 0.3 is 0 Å². The highest BCUT2D eigenvalue weighted by molar-refractivity contribution is 7.07. The number of H-pyrrole nitrogens is 1. The molecule has 7 heteroatoms. The molecule has 4 heterocycles. The minimum absolute atomic E-state index is 0.00553. The van der Waals surface area contributed by atoms with E-state index in [9.17, 15) is 4.79 Å². The summed E-state index contributed by atoms with van der Waals surface area (Å²) in [4.78, 5) is 31.4. The van der Waals surface area contributed by atoms with E-state index in [1.807, 2.05) is 17.6 Å². The molecule has 5 rings (SSSR count). The van der Waals surface area contributed by atoms with Gasteiger partial charge in [0.2, 0.25) is 0 Å². The van der Waals surface area contributed by atoms with Gasteiger partial charge in [0, 0.05) is 29.0 Å². The Bertz CT molecular complexity index is 1000. The predicted molar refractivity (Wildman–Crippen MR) is 105 cm³/mol. The molecule has 1 fully saturated rings. The number of rotatable bonds is 2. The van der Waals surface area contributed by atoms with Gasteiger partial charge in [-0.2, -0.15) is 0 Å². The van der Waals surface area contributed by atoms with Crippen LogP contribution in [0, 0.1) is 0 Å². The van der Waals surface area contributed by atoms with Crippen molar-refractivity contribution >= 4 is 33.9 Å². The van der Waals surface area contributed by atoms with Crippen LogP contribution in [0.4, 0.5) is 0 Å². The van der Waals surface area contributed by atoms with Crippen LogP contribution >= 0.6 is 11.3 Å². The minimum Gasteiger partial charge on any atom is -0.346 e. The summed E-state index contributed by atoms with van der Waals surface area (Å²) in [5.74, 6) is 0.0901. The van der Waals surface area contributed by atoms with Crippen molar-refractivity contribution in [1.29, 1.82) is 0 Å². The summed E-state index contributed by atoms with van der Waals surface area (Å²) in [6.45, 7) is 0.795. The lowest BCUT2D eigenvalue weighted by molar-refractivity contribution is 0.0632. The van der Waals surface area contributed by atoms with E-state index in [-0.39, 0.29) is 11.4 Å². The molecule has 1 saturated carbocycles. The number of hydrogen-bond acceptors (Lipinski definition) is 5. The molecule has 138 valence electrons. The molecular formula is C20H21N5OS. The molecule has 1 amide bonds. The summed E-state index contributed by atoms with van der Waals surface area (Å²) in [5, 5.41) is 2.93. The van der Waals surface area contributed by atoms with Crippen LogP contribution in [0.1, 0.15) is 54.7 Å². The number of aromatic nitrogens is 4. The van der Waals surface area contributed by atoms with E-state index in [2.05, 4.69) is 30.9 Å². The quantitative estimate of drug-likeness (QED) is 0.729. The van der Waals surface area contributed by atoms with Crippen LogP contribution < -0.4 is 0 Å². The molecule has 1 aliphatic carbocycles. The molecule has 1 spiro atoms. The lowest BCUT2D eigenvalue weighted by Crippen LogP contribution is -2.43. The van der Waals surface area contributed by atoms with Crippen LogP contribution in [0.2, 0.25) is 0 Å². The topological polar surface area (TPSA) is 74.8 Å². The Balaban J connectivity index is 1.43. The van der Waals surface area contributed by atoms with Crippen molar-refractivity contribution in [2.45, 2.75) is 44.1 Å². The molecule has 0 saturated heterocycles. The van der Waals surface area contributed by atoms with Gasteiger partial charge in [-0.25, -0.2) is 15.0 Å². The van der Waals surface area contributed by atoms with E-state index >= 15 is 0 Å². The Morgan fingerprint density at radius 3 is 2.96 bits per heavy atom. The van der Waals surface area contributed by atoms with Crippen molar-refractivity contribution in [3.05, 3.63) is 46.9 Å². The fraction of sp³-hybridized carbons (Fsp3) is 0.400. The maximum absolute atomic E-state index is 13.0. The zero-order chi connectivity index (χ0) is 18.3. The van der Waals surface area contributed by atoms with Gasteiger partial charge in [-0.3, -0.25) is 4.79 Å². The largest absolute Gasteiger partial charge is 0.346 e. The predicted octanol–water partition coefficient (Wildman–Crippen LogP) is 4.05. The smallest absolute Gasteiger partial charge is 0.273 e. The molecule has 1 aliphatic heterocycles. The Kier molecular flexibility index (Phi) is 4.04. The number of nitrogens with zero attached hydrogens (tertiary/aromatic N) is 4. The number of carbonyl (C=O) groups is 1. The molecule has 27 heavy (non-hydrogen) atoms. The van der Waals surface area contributed by atoms with E-state index < -0.39 is 0 Å². The Labute approximate surface area is 161 Å². The number of nitrogens with one attached hydrogen (secondary N) is 1. The van der Waals surface area contributed by atoms with Gasteiger partial charge in [0.1, 0.15) is 17.7 Å². The van der Waals surface area contributed by atoms with E-state index in [0.717, 1.165) is 61.8 Å². The van der Waals surface area contributed by atoms with Gasteiger partial charge in [0.25, 0.3) is 5.91 Å². The average molecular weight is 379 g/mol. The fourth-order valence-corrected chi connectivity index (χ4v) is 4.67. The summed E-state index contributed by atoms with van der Waals surface area (Å²) < 4.78 is 0. The number of amides is 1. The second kappa shape index (κ2) is 6.56. The summed E-state index contributed by atoms with van der Waals surface area (Å²) in [5.41, 5.74) is 5.49. The van der Waals surface area contributed by atoms with Gasteiger partial charge in [-0.15, -0.1) is 11.3 Å². The van der Waals surface area contributed by atoms with Crippen LogP contribution in [0.15, 0.2) is 35.6 Å². The van der Waals surface area contributed by atoms with E-state index in [1.165, 1.54) is 16.9 Å². The SMILES string of the molecule is O=C(c1cscn1)N1CCCC=C(c2ncnc3[nH]ccc23)CCC12CC2. The molecule has 6 nitrogen and oxygen atoms in total. The number of hydrogen-bond donors (Lipinski definition) is 1. The third-order valence-corrected chi connectivity index (χ3v) is 6.38. The van der Waals surface area contributed by atoms with Crippen molar-refractivity contribution in [1.82, 2.24) is 24.8 Å². The summed E-state index contributed by atoms with van der Waals surface area (Å²) >= 11 is 1.48. The Morgan fingerprint density at radius 1 is 1.22 bits per heavy atom. The highest BCUT2D eigenvalue weighted by Crippen LogP contribution is 2.48. The second-order valence-corrected chi connectivity index (χ2v) is 8.11. The van der Waals surface area contributed by atoms with Gasteiger partial charge in [-0.1, -0.05) is 6.08 Å². The molecule has 1 N–H and O–H groups in total. The van der Waals surface area contributed by atoms with Crippen LogP contribution in [-0.4, -0.2) is 42.8 Å².